The van der Waals surface area contributed by atoms with Crippen LogP contribution in [0.1, 0.15) is 23.5 Å². The van der Waals surface area contributed by atoms with Crippen molar-refractivity contribution >= 4 is 17.7 Å². The Morgan fingerprint density at radius 1 is 1.19 bits per heavy atom. The van der Waals surface area contributed by atoms with Crippen LogP contribution in [0.3, 0.4) is 0 Å². The number of pyridine rings is 1. The summed E-state index contributed by atoms with van der Waals surface area (Å²) in [5.74, 6) is 0.986. The van der Waals surface area contributed by atoms with Gasteiger partial charge in [-0.3, -0.25) is 9.79 Å². The number of aliphatic hydroxyl groups excluding tert-OH is 1. The third-order valence-electron chi connectivity index (χ3n) is 4.05. The van der Waals surface area contributed by atoms with Crippen molar-refractivity contribution in [1.29, 1.82) is 0 Å². The Kier molecular flexibility index (Phi) is 8.25. The number of carbonyl (C=O) groups excluding carboxylic acids is 1. The lowest BCUT2D eigenvalue weighted by Crippen LogP contribution is -2.41. The highest BCUT2D eigenvalue weighted by Gasteiger charge is 2.11. The minimum atomic E-state index is -0.119. The van der Waals surface area contributed by atoms with Crippen LogP contribution in [0, 0.1) is 6.92 Å². The first-order chi connectivity index (χ1) is 13.1. The minimum Gasteiger partial charge on any atom is -0.396 e. The standard InChI is InChI=1S/C20H27N5O2/c1-15-8-9-18(23-12-15)25-19(27)10-11-22-20(21-2)24-13-17(14-26)16-6-4-3-5-7-16/h3-9,12,17,26H,10-11,13-14H2,1-2H3,(H2,21,22,24)(H,23,25,27). The van der Waals surface area contributed by atoms with E-state index in [9.17, 15) is 9.90 Å². The fourth-order valence-electron chi connectivity index (χ4n) is 2.50. The second-order valence-corrected chi connectivity index (χ2v) is 6.19. The van der Waals surface area contributed by atoms with Crippen LogP contribution < -0.4 is 16.0 Å². The lowest BCUT2D eigenvalue weighted by molar-refractivity contribution is -0.116. The van der Waals surface area contributed by atoms with Gasteiger partial charge in [0.25, 0.3) is 0 Å². The van der Waals surface area contributed by atoms with E-state index in [1.54, 1.807) is 19.3 Å². The molecule has 7 heteroatoms. The number of hydrogen-bond donors (Lipinski definition) is 4. The number of guanidine groups is 1. The zero-order valence-electron chi connectivity index (χ0n) is 15.8. The molecule has 1 aromatic heterocycles. The SMILES string of the molecule is CN=C(NCCC(=O)Nc1ccc(C)cn1)NCC(CO)c1ccccc1. The number of anilines is 1. The third-order valence-corrected chi connectivity index (χ3v) is 4.05. The first kappa shape index (κ1) is 20.4. The Balaban J connectivity index is 1.73. The smallest absolute Gasteiger partial charge is 0.227 e. The normalized spacial score (nSPS) is 12.3. The number of carbonyl (C=O) groups is 1. The number of nitrogens with zero attached hydrogens (tertiary/aromatic N) is 2. The number of aliphatic imine (C=N–C) groups is 1. The van der Waals surface area contributed by atoms with E-state index in [0.29, 0.717) is 31.3 Å². The molecule has 0 radical (unpaired) electrons. The van der Waals surface area contributed by atoms with Crippen molar-refractivity contribution in [2.24, 2.45) is 4.99 Å². The Morgan fingerprint density at radius 2 is 1.96 bits per heavy atom. The summed E-state index contributed by atoms with van der Waals surface area (Å²) in [7, 11) is 1.67. The van der Waals surface area contributed by atoms with Gasteiger partial charge in [0.2, 0.25) is 5.91 Å². The van der Waals surface area contributed by atoms with E-state index >= 15 is 0 Å². The lowest BCUT2D eigenvalue weighted by Gasteiger charge is -2.18. The van der Waals surface area contributed by atoms with Crippen molar-refractivity contribution in [1.82, 2.24) is 15.6 Å². The molecule has 2 aromatic rings. The molecule has 0 saturated heterocycles. The van der Waals surface area contributed by atoms with E-state index in [-0.39, 0.29) is 18.4 Å². The average molecular weight is 369 g/mol. The minimum absolute atomic E-state index is 0.0272. The highest BCUT2D eigenvalue weighted by Crippen LogP contribution is 2.13. The van der Waals surface area contributed by atoms with Gasteiger partial charge in [-0.05, 0) is 24.1 Å². The number of hydrogen-bond acceptors (Lipinski definition) is 4. The van der Waals surface area contributed by atoms with Crippen molar-refractivity contribution in [3.8, 4) is 0 Å². The molecule has 2 rings (SSSR count). The van der Waals surface area contributed by atoms with Gasteiger partial charge in [-0.2, -0.15) is 0 Å². The molecule has 0 aliphatic carbocycles. The molecule has 1 unspecified atom stereocenters. The van der Waals surface area contributed by atoms with E-state index in [2.05, 4.69) is 25.9 Å². The van der Waals surface area contributed by atoms with Gasteiger partial charge < -0.3 is 21.1 Å². The summed E-state index contributed by atoms with van der Waals surface area (Å²) < 4.78 is 0. The van der Waals surface area contributed by atoms with Crippen LogP contribution >= 0.6 is 0 Å². The molecule has 1 heterocycles. The van der Waals surface area contributed by atoms with Crippen LogP contribution in [0.4, 0.5) is 5.82 Å². The number of aliphatic hydroxyl groups is 1. The summed E-state index contributed by atoms with van der Waals surface area (Å²) in [5, 5.41) is 18.7. The molecule has 0 aliphatic rings. The van der Waals surface area contributed by atoms with Crippen molar-refractivity contribution in [2.45, 2.75) is 19.3 Å². The lowest BCUT2D eigenvalue weighted by atomic mass is 10.0. The van der Waals surface area contributed by atoms with Gasteiger partial charge >= 0.3 is 0 Å². The molecule has 1 aromatic carbocycles. The summed E-state index contributed by atoms with van der Waals surface area (Å²) in [5.41, 5.74) is 2.11. The Hall–Kier alpha value is -2.93. The zero-order valence-corrected chi connectivity index (χ0v) is 15.8. The van der Waals surface area contributed by atoms with Gasteiger partial charge in [0, 0.05) is 38.7 Å². The van der Waals surface area contributed by atoms with E-state index in [4.69, 9.17) is 0 Å². The fraction of sp³-hybridized carbons (Fsp3) is 0.350. The monoisotopic (exact) mass is 369 g/mol. The Bertz CT molecular complexity index is 732. The number of nitrogens with one attached hydrogen (secondary N) is 3. The second-order valence-electron chi connectivity index (χ2n) is 6.19. The van der Waals surface area contributed by atoms with Gasteiger partial charge in [0.1, 0.15) is 5.82 Å². The average Bonchev–Trinajstić information content (AvgIpc) is 2.69. The van der Waals surface area contributed by atoms with E-state index in [1.807, 2.05) is 43.3 Å². The molecule has 0 aliphatic heterocycles. The Labute approximate surface area is 159 Å². The van der Waals surface area contributed by atoms with Crippen LogP contribution in [-0.2, 0) is 4.79 Å². The predicted octanol–water partition coefficient (Wildman–Crippen LogP) is 1.66. The number of benzene rings is 1. The van der Waals surface area contributed by atoms with Crippen LogP contribution in [0.15, 0.2) is 53.7 Å². The molecular weight excluding hydrogens is 342 g/mol. The van der Waals surface area contributed by atoms with E-state index < -0.39 is 0 Å². The molecule has 1 atom stereocenters. The van der Waals surface area contributed by atoms with Crippen LogP contribution in [-0.4, -0.2) is 48.7 Å². The maximum absolute atomic E-state index is 12.0. The summed E-state index contributed by atoms with van der Waals surface area (Å²) in [6, 6.07) is 13.5. The summed E-state index contributed by atoms with van der Waals surface area (Å²) in [6.45, 7) is 2.96. The summed E-state index contributed by atoms with van der Waals surface area (Å²) in [6.07, 6.45) is 2.00. The second kappa shape index (κ2) is 10.9. The highest BCUT2D eigenvalue weighted by atomic mass is 16.3. The molecule has 144 valence electrons. The number of amides is 1. The first-order valence-electron chi connectivity index (χ1n) is 8.95. The molecule has 0 spiro atoms. The van der Waals surface area contributed by atoms with Crippen molar-refractivity contribution in [3.05, 3.63) is 59.8 Å². The van der Waals surface area contributed by atoms with Crippen LogP contribution in [0.5, 0.6) is 0 Å². The quantitative estimate of drug-likeness (QED) is 0.419. The third kappa shape index (κ3) is 7.07. The van der Waals surface area contributed by atoms with Gasteiger partial charge in [0.05, 0.1) is 6.61 Å². The van der Waals surface area contributed by atoms with Crippen molar-refractivity contribution in [3.63, 3.8) is 0 Å². The molecule has 0 saturated carbocycles. The van der Waals surface area contributed by atoms with Crippen LogP contribution in [0.25, 0.3) is 0 Å². The number of aryl methyl sites for hydroxylation is 1. The van der Waals surface area contributed by atoms with Crippen molar-refractivity contribution < 1.29 is 9.90 Å². The van der Waals surface area contributed by atoms with Gasteiger partial charge in [-0.1, -0.05) is 36.4 Å². The highest BCUT2D eigenvalue weighted by molar-refractivity contribution is 5.90. The maximum atomic E-state index is 12.0. The number of aromatic nitrogens is 1. The molecule has 0 fully saturated rings. The maximum Gasteiger partial charge on any atom is 0.227 e. The molecule has 0 bridgehead atoms. The van der Waals surface area contributed by atoms with Gasteiger partial charge in [-0.15, -0.1) is 0 Å². The molecular formula is C20H27N5O2. The van der Waals surface area contributed by atoms with Gasteiger partial charge in [0.15, 0.2) is 5.96 Å². The summed E-state index contributed by atoms with van der Waals surface area (Å²) >= 11 is 0. The Morgan fingerprint density at radius 3 is 2.59 bits per heavy atom. The molecule has 4 N–H and O–H groups in total. The fourth-order valence-corrected chi connectivity index (χ4v) is 2.50. The molecule has 27 heavy (non-hydrogen) atoms. The van der Waals surface area contributed by atoms with E-state index in [0.717, 1.165) is 11.1 Å². The van der Waals surface area contributed by atoms with Crippen LogP contribution in [0.2, 0.25) is 0 Å². The zero-order chi connectivity index (χ0) is 19.5. The summed E-state index contributed by atoms with van der Waals surface area (Å²) in [4.78, 5) is 20.3. The first-order valence-corrected chi connectivity index (χ1v) is 8.95. The molecule has 7 nitrogen and oxygen atoms in total. The topological polar surface area (TPSA) is 98.6 Å². The number of rotatable bonds is 8. The molecule has 1 amide bonds. The van der Waals surface area contributed by atoms with Crippen molar-refractivity contribution in [2.75, 3.05) is 32.1 Å². The van der Waals surface area contributed by atoms with E-state index in [1.165, 1.54) is 0 Å². The predicted molar refractivity (Wildman–Crippen MR) is 108 cm³/mol. The largest absolute Gasteiger partial charge is 0.396 e. The van der Waals surface area contributed by atoms with Gasteiger partial charge in [-0.25, -0.2) is 4.98 Å².